The zero-order chi connectivity index (χ0) is 24.1. The van der Waals surface area contributed by atoms with Gasteiger partial charge in [0.2, 0.25) is 15.0 Å². The molecule has 0 aliphatic heterocycles. The molecule has 0 aliphatic rings. The van der Waals surface area contributed by atoms with Crippen molar-refractivity contribution in [2.24, 2.45) is 0 Å². The van der Waals surface area contributed by atoms with E-state index in [1.807, 2.05) is 30.3 Å². The Bertz CT molecular complexity index is 1380. The van der Waals surface area contributed by atoms with Crippen LogP contribution in [0.15, 0.2) is 88.8 Å². The smallest absolute Gasteiger partial charge is 0.274 e. The topological polar surface area (TPSA) is 93.4 Å². The third kappa shape index (κ3) is 5.83. The summed E-state index contributed by atoms with van der Waals surface area (Å²) >= 11 is 12.1. The van der Waals surface area contributed by atoms with E-state index in [1.54, 1.807) is 36.4 Å². The number of hydrogen-bond donors (Lipinski definition) is 0. The Labute approximate surface area is 206 Å². The van der Waals surface area contributed by atoms with Crippen LogP contribution in [0.5, 0.6) is 0 Å². The van der Waals surface area contributed by atoms with E-state index in [4.69, 9.17) is 27.6 Å². The maximum Gasteiger partial charge on any atom is 0.274 e. The van der Waals surface area contributed by atoms with Gasteiger partial charge in [-0.3, -0.25) is 4.79 Å². The molecule has 0 N–H and O–H groups in total. The van der Waals surface area contributed by atoms with Gasteiger partial charge in [-0.05, 0) is 35.4 Å². The molecule has 4 aromatic rings. The minimum Gasteiger partial charge on any atom is -0.467 e. The summed E-state index contributed by atoms with van der Waals surface area (Å²) in [5.41, 5.74) is 1.19. The average molecular weight is 516 g/mol. The van der Waals surface area contributed by atoms with Crippen molar-refractivity contribution in [1.29, 1.82) is 0 Å². The Morgan fingerprint density at radius 3 is 2.32 bits per heavy atom. The lowest BCUT2D eigenvalue weighted by Crippen LogP contribution is -2.31. The Hall–Kier alpha value is -3.20. The van der Waals surface area contributed by atoms with Gasteiger partial charge in [-0.25, -0.2) is 18.4 Å². The highest BCUT2D eigenvalue weighted by Gasteiger charge is 2.26. The van der Waals surface area contributed by atoms with Crippen LogP contribution in [0.25, 0.3) is 0 Å². The summed E-state index contributed by atoms with van der Waals surface area (Å²) in [6.07, 6.45) is 2.64. The number of hydrogen-bond acceptors (Lipinski definition) is 6. The largest absolute Gasteiger partial charge is 0.467 e. The lowest BCUT2D eigenvalue weighted by Gasteiger charge is -2.22. The first-order chi connectivity index (χ1) is 16.3. The fourth-order valence-corrected chi connectivity index (χ4v) is 4.76. The third-order valence-electron chi connectivity index (χ3n) is 4.90. The van der Waals surface area contributed by atoms with Gasteiger partial charge < -0.3 is 9.32 Å². The van der Waals surface area contributed by atoms with E-state index in [0.29, 0.717) is 16.3 Å². The van der Waals surface area contributed by atoms with Crippen LogP contribution in [0, 0.1) is 0 Å². The Morgan fingerprint density at radius 1 is 0.912 bits per heavy atom. The number of benzene rings is 2. The van der Waals surface area contributed by atoms with Crippen LogP contribution < -0.4 is 0 Å². The van der Waals surface area contributed by atoms with E-state index in [-0.39, 0.29) is 29.6 Å². The summed E-state index contributed by atoms with van der Waals surface area (Å²) in [5, 5.41) is -0.0346. The molecule has 2 aromatic carbocycles. The minimum atomic E-state index is -3.95. The van der Waals surface area contributed by atoms with Crippen molar-refractivity contribution in [3.8, 4) is 0 Å². The predicted octanol–water partition coefficient (Wildman–Crippen LogP) is 5.19. The highest BCUT2D eigenvalue weighted by molar-refractivity contribution is 7.90. The number of halogens is 2. The number of nitrogens with zero attached hydrogens (tertiary/aromatic N) is 3. The highest BCUT2D eigenvalue weighted by atomic mass is 35.5. The number of rotatable bonds is 8. The molecule has 0 atom stereocenters. The van der Waals surface area contributed by atoms with E-state index in [1.165, 1.54) is 11.2 Å². The van der Waals surface area contributed by atoms with E-state index in [9.17, 15) is 13.2 Å². The van der Waals surface area contributed by atoms with Gasteiger partial charge in [0.1, 0.15) is 5.76 Å². The van der Waals surface area contributed by atoms with Gasteiger partial charge in [-0.2, -0.15) is 0 Å². The molecule has 0 unspecified atom stereocenters. The SMILES string of the molecule is O=C(c1nc(S(=O)(=O)Cc2ccc(Cl)cc2)ncc1Cl)N(Cc1ccccc1)Cc1ccco1. The fourth-order valence-electron chi connectivity index (χ4n) is 3.26. The second-order valence-electron chi connectivity index (χ2n) is 7.46. The molecule has 0 radical (unpaired) electrons. The van der Waals surface area contributed by atoms with Crippen molar-refractivity contribution in [2.45, 2.75) is 24.0 Å². The van der Waals surface area contributed by atoms with Gasteiger partial charge in [0.15, 0.2) is 5.69 Å². The van der Waals surface area contributed by atoms with Crippen molar-refractivity contribution in [3.05, 3.63) is 112 Å². The Morgan fingerprint density at radius 2 is 1.65 bits per heavy atom. The first kappa shape index (κ1) is 23.9. The van der Waals surface area contributed by atoms with Crippen LogP contribution in [0.3, 0.4) is 0 Å². The predicted molar refractivity (Wildman–Crippen MR) is 128 cm³/mol. The molecular formula is C24H19Cl2N3O4S. The van der Waals surface area contributed by atoms with Gasteiger partial charge in [-0.15, -0.1) is 0 Å². The standard InChI is InChI=1S/C24H19Cl2N3O4S/c25-19-10-8-18(9-11-19)16-34(31,32)24-27-13-21(26)22(28-24)23(30)29(15-20-7-4-12-33-20)14-17-5-2-1-3-6-17/h1-13H,14-16H2. The van der Waals surface area contributed by atoms with Crippen molar-refractivity contribution >= 4 is 38.9 Å². The van der Waals surface area contributed by atoms with Crippen molar-refractivity contribution in [1.82, 2.24) is 14.9 Å². The fraction of sp³-hybridized carbons (Fsp3) is 0.125. The van der Waals surface area contributed by atoms with E-state index in [0.717, 1.165) is 11.8 Å². The normalized spacial score (nSPS) is 11.4. The van der Waals surface area contributed by atoms with Gasteiger partial charge in [0, 0.05) is 11.6 Å². The maximum atomic E-state index is 13.5. The molecule has 1 amide bonds. The molecule has 7 nitrogen and oxygen atoms in total. The summed E-state index contributed by atoms with van der Waals surface area (Å²) < 4.78 is 31.3. The van der Waals surface area contributed by atoms with E-state index in [2.05, 4.69) is 9.97 Å². The molecule has 0 saturated carbocycles. The second-order valence-corrected chi connectivity index (χ2v) is 10.2. The van der Waals surface area contributed by atoms with Crippen molar-refractivity contribution < 1.29 is 17.6 Å². The highest BCUT2D eigenvalue weighted by Crippen LogP contribution is 2.22. The molecule has 34 heavy (non-hydrogen) atoms. The first-order valence-corrected chi connectivity index (χ1v) is 12.6. The maximum absolute atomic E-state index is 13.5. The van der Waals surface area contributed by atoms with Gasteiger partial charge >= 0.3 is 0 Å². The van der Waals surface area contributed by atoms with Crippen LogP contribution in [0.1, 0.15) is 27.4 Å². The van der Waals surface area contributed by atoms with Crippen LogP contribution in [-0.4, -0.2) is 29.2 Å². The number of furan rings is 1. The summed E-state index contributed by atoms with van der Waals surface area (Å²) in [7, 11) is -3.95. The van der Waals surface area contributed by atoms with Crippen LogP contribution in [0.2, 0.25) is 10.0 Å². The number of sulfone groups is 1. The number of amides is 1. The number of aromatic nitrogens is 2. The molecule has 2 heterocycles. The molecule has 2 aromatic heterocycles. The van der Waals surface area contributed by atoms with Crippen LogP contribution >= 0.6 is 23.2 Å². The monoisotopic (exact) mass is 515 g/mol. The van der Waals surface area contributed by atoms with Gasteiger partial charge in [-0.1, -0.05) is 65.7 Å². The molecule has 0 spiro atoms. The summed E-state index contributed by atoms with van der Waals surface area (Å²) in [6, 6.07) is 19.2. The molecule has 0 fully saturated rings. The van der Waals surface area contributed by atoms with Crippen molar-refractivity contribution in [2.75, 3.05) is 0 Å². The van der Waals surface area contributed by atoms with Gasteiger partial charge in [0.05, 0.1) is 29.8 Å². The average Bonchev–Trinajstić information content (AvgIpc) is 3.34. The third-order valence-corrected chi connectivity index (χ3v) is 6.90. The Balaban J connectivity index is 1.64. The summed E-state index contributed by atoms with van der Waals surface area (Å²) in [6.45, 7) is 0.390. The molecule has 174 valence electrons. The number of carbonyl (C=O) groups is 1. The zero-order valence-electron chi connectivity index (χ0n) is 17.8. The van der Waals surface area contributed by atoms with Gasteiger partial charge in [0.25, 0.3) is 5.91 Å². The Kier molecular flexibility index (Phi) is 7.31. The molecule has 4 rings (SSSR count). The van der Waals surface area contributed by atoms with Crippen molar-refractivity contribution in [3.63, 3.8) is 0 Å². The summed E-state index contributed by atoms with van der Waals surface area (Å²) in [4.78, 5) is 22.9. The second kappa shape index (κ2) is 10.4. The molecule has 0 aliphatic carbocycles. The lowest BCUT2D eigenvalue weighted by atomic mass is 10.2. The first-order valence-electron chi connectivity index (χ1n) is 10.2. The molecule has 0 bridgehead atoms. The van der Waals surface area contributed by atoms with Crippen LogP contribution in [0.4, 0.5) is 0 Å². The molecular weight excluding hydrogens is 497 g/mol. The molecule has 0 saturated heterocycles. The summed E-state index contributed by atoms with van der Waals surface area (Å²) in [5.74, 6) is -0.333. The van der Waals surface area contributed by atoms with Crippen LogP contribution in [-0.2, 0) is 28.7 Å². The lowest BCUT2D eigenvalue weighted by molar-refractivity contribution is 0.0710. The van der Waals surface area contributed by atoms with E-state index >= 15 is 0 Å². The quantitative estimate of drug-likeness (QED) is 0.299. The minimum absolute atomic E-state index is 0.0482. The molecule has 10 heteroatoms. The van der Waals surface area contributed by atoms with E-state index < -0.39 is 20.9 Å². The number of carbonyl (C=O) groups excluding carboxylic acids is 1. The zero-order valence-corrected chi connectivity index (χ0v) is 20.1.